The number of hydrogen-bond acceptors (Lipinski definition) is 3. The highest BCUT2D eigenvalue weighted by atomic mass is 16.5. The fourth-order valence-corrected chi connectivity index (χ4v) is 1.05. The first-order valence-electron chi connectivity index (χ1n) is 4.35. The molecule has 0 bridgehead atoms. The van der Waals surface area contributed by atoms with Crippen molar-refractivity contribution in [1.29, 1.82) is 0 Å². The van der Waals surface area contributed by atoms with Crippen molar-refractivity contribution in [3.05, 3.63) is 35.4 Å². The van der Waals surface area contributed by atoms with E-state index in [1.54, 1.807) is 12.1 Å². The maximum atomic E-state index is 11.5. The summed E-state index contributed by atoms with van der Waals surface area (Å²) in [7, 11) is 1.22. The van der Waals surface area contributed by atoms with E-state index in [0.717, 1.165) is 5.56 Å². The van der Waals surface area contributed by atoms with Gasteiger partial charge in [-0.05, 0) is 18.4 Å². The number of Topliss-reactive ketones (excluding diaryl/α,β-unsaturated/α-hetero) is 1. The van der Waals surface area contributed by atoms with Gasteiger partial charge < -0.3 is 4.74 Å². The highest BCUT2D eigenvalue weighted by Gasteiger charge is 2.04. The molecule has 3 heteroatoms. The molecule has 0 unspecified atom stereocenters. The Morgan fingerprint density at radius 2 is 1.87 bits per heavy atom. The van der Waals surface area contributed by atoms with Crippen molar-refractivity contribution in [2.45, 2.75) is 6.92 Å². The Labute approximate surface area is 88.1 Å². The van der Waals surface area contributed by atoms with Gasteiger partial charge >= 0.3 is 5.97 Å². The van der Waals surface area contributed by atoms with Crippen molar-refractivity contribution < 1.29 is 14.3 Å². The lowest BCUT2D eigenvalue weighted by Crippen LogP contribution is -2.00. The minimum atomic E-state index is -0.711. The first-order chi connectivity index (χ1) is 7.15. The molecule has 0 heterocycles. The summed E-state index contributed by atoms with van der Waals surface area (Å²) in [5, 5.41) is 0. The van der Waals surface area contributed by atoms with Crippen molar-refractivity contribution >= 4 is 11.8 Å². The summed E-state index contributed by atoms with van der Waals surface area (Å²) in [4.78, 5) is 22.2. The molecule has 0 aromatic heterocycles. The Morgan fingerprint density at radius 1 is 1.20 bits per heavy atom. The number of rotatable bonds is 1. The summed E-state index contributed by atoms with van der Waals surface area (Å²) < 4.78 is 4.30. The van der Waals surface area contributed by atoms with Gasteiger partial charge in [0.15, 0.2) is 0 Å². The number of esters is 1. The standard InChI is InChI=1S/C12H10O3/c1-9-5-3-4-6-10(9)11(13)7-8-12(14)15-2/h3-6H,1-2H3. The zero-order valence-corrected chi connectivity index (χ0v) is 8.53. The van der Waals surface area contributed by atoms with Gasteiger partial charge in [0.05, 0.1) is 7.11 Å². The van der Waals surface area contributed by atoms with Gasteiger partial charge in [-0.25, -0.2) is 4.79 Å². The highest BCUT2D eigenvalue weighted by Crippen LogP contribution is 2.06. The number of hydrogen-bond donors (Lipinski definition) is 0. The molecule has 0 aliphatic rings. The van der Waals surface area contributed by atoms with E-state index in [4.69, 9.17) is 0 Å². The van der Waals surface area contributed by atoms with Gasteiger partial charge in [0.1, 0.15) is 0 Å². The molecule has 0 fully saturated rings. The van der Waals surface area contributed by atoms with E-state index >= 15 is 0 Å². The molecule has 0 saturated carbocycles. The van der Waals surface area contributed by atoms with Crippen molar-refractivity contribution in [1.82, 2.24) is 0 Å². The molecule has 0 saturated heterocycles. The van der Waals surface area contributed by atoms with Gasteiger partial charge in [-0.2, -0.15) is 0 Å². The van der Waals surface area contributed by atoms with Gasteiger partial charge in [-0.1, -0.05) is 24.3 Å². The molecule has 3 nitrogen and oxygen atoms in total. The van der Waals surface area contributed by atoms with E-state index in [1.165, 1.54) is 7.11 Å². The molecule has 0 aliphatic heterocycles. The lowest BCUT2D eigenvalue weighted by atomic mass is 10.1. The number of methoxy groups -OCH3 is 1. The van der Waals surface area contributed by atoms with E-state index in [2.05, 4.69) is 16.6 Å². The SMILES string of the molecule is COC(=O)C#CC(=O)c1ccccc1C. The van der Waals surface area contributed by atoms with E-state index in [-0.39, 0.29) is 5.78 Å². The lowest BCUT2D eigenvalue weighted by Gasteiger charge is -1.97. The molecule has 1 aromatic carbocycles. The van der Waals surface area contributed by atoms with Gasteiger partial charge in [0, 0.05) is 11.5 Å². The van der Waals surface area contributed by atoms with Crippen LogP contribution in [0.3, 0.4) is 0 Å². The van der Waals surface area contributed by atoms with Crippen LogP contribution in [0.25, 0.3) is 0 Å². The summed E-state index contributed by atoms with van der Waals surface area (Å²) >= 11 is 0. The average Bonchev–Trinajstić information content (AvgIpc) is 2.26. The summed E-state index contributed by atoms with van der Waals surface area (Å²) in [5.41, 5.74) is 1.34. The van der Waals surface area contributed by atoms with E-state index in [1.807, 2.05) is 19.1 Å². The summed E-state index contributed by atoms with van der Waals surface area (Å²) in [6.07, 6.45) is 0. The highest BCUT2D eigenvalue weighted by molar-refractivity contribution is 6.12. The van der Waals surface area contributed by atoms with Crippen LogP contribution in [0.2, 0.25) is 0 Å². The Bertz CT molecular complexity index is 449. The van der Waals surface area contributed by atoms with Crippen LogP contribution in [0, 0.1) is 18.8 Å². The van der Waals surface area contributed by atoms with Crippen LogP contribution in [0.15, 0.2) is 24.3 Å². The van der Waals surface area contributed by atoms with Crippen LogP contribution < -0.4 is 0 Å². The smallest absolute Gasteiger partial charge is 0.384 e. The first-order valence-corrected chi connectivity index (χ1v) is 4.35. The summed E-state index contributed by atoms with van der Waals surface area (Å²) in [6, 6.07) is 7.07. The monoisotopic (exact) mass is 202 g/mol. The van der Waals surface area contributed by atoms with Crippen LogP contribution in [0.5, 0.6) is 0 Å². The van der Waals surface area contributed by atoms with Crippen LogP contribution in [-0.4, -0.2) is 18.9 Å². The van der Waals surface area contributed by atoms with Crippen molar-refractivity contribution in [3.8, 4) is 11.8 Å². The fraction of sp³-hybridized carbons (Fsp3) is 0.167. The Balaban J connectivity index is 2.90. The predicted molar refractivity (Wildman–Crippen MR) is 55.3 cm³/mol. The number of ether oxygens (including phenoxy) is 1. The number of carbonyl (C=O) groups is 2. The lowest BCUT2D eigenvalue weighted by molar-refractivity contribution is -0.133. The van der Waals surface area contributed by atoms with Gasteiger partial charge in [0.2, 0.25) is 5.78 Å². The zero-order valence-electron chi connectivity index (χ0n) is 8.53. The van der Waals surface area contributed by atoms with Crippen LogP contribution in [0.4, 0.5) is 0 Å². The van der Waals surface area contributed by atoms with E-state index in [0.29, 0.717) is 5.56 Å². The second kappa shape index (κ2) is 4.97. The number of carbonyl (C=O) groups excluding carboxylic acids is 2. The molecule has 76 valence electrons. The second-order valence-corrected chi connectivity index (χ2v) is 2.89. The van der Waals surface area contributed by atoms with Crippen LogP contribution in [-0.2, 0) is 9.53 Å². The molecule has 0 aliphatic carbocycles. The van der Waals surface area contributed by atoms with Gasteiger partial charge in [0.25, 0.3) is 0 Å². The Hall–Kier alpha value is -2.08. The minimum Gasteiger partial charge on any atom is -0.459 e. The van der Waals surface area contributed by atoms with Crippen LogP contribution >= 0.6 is 0 Å². The minimum absolute atomic E-state index is 0.376. The number of aryl methyl sites for hydroxylation is 1. The van der Waals surface area contributed by atoms with Crippen molar-refractivity contribution in [2.75, 3.05) is 7.11 Å². The Morgan fingerprint density at radius 3 is 2.47 bits per heavy atom. The quantitative estimate of drug-likeness (QED) is 0.227. The van der Waals surface area contributed by atoms with E-state index < -0.39 is 5.97 Å². The zero-order chi connectivity index (χ0) is 11.3. The van der Waals surface area contributed by atoms with Crippen molar-refractivity contribution in [2.24, 2.45) is 0 Å². The third-order valence-electron chi connectivity index (χ3n) is 1.85. The molecule has 1 rings (SSSR count). The Kier molecular flexibility index (Phi) is 3.64. The largest absolute Gasteiger partial charge is 0.459 e. The fourth-order valence-electron chi connectivity index (χ4n) is 1.05. The molecule has 0 spiro atoms. The molecule has 0 atom stereocenters. The van der Waals surface area contributed by atoms with Gasteiger partial charge in [-0.15, -0.1) is 0 Å². The van der Waals surface area contributed by atoms with Crippen LogP contribution in [0.1, 0.15) is 15.9 Å². The summed E-state index contributed by atoms with van der Waals surface area (Å²) in [6.45, 7) is 1.81. The molecule has 1 aromatic rings. The maximum Gasteiger partial charge on any atom is 0.384 e. The maximum absolute atomic E-state index is 11.5. The van der Waals surface area contributed by atoms with Gasteiger partial charge in [-0.3, -0.25) is 4.79 Å². The third-order valence-corrected chi connectivity index (χ3v) is 1.85. The number of ketones is 1. The number of benzene rings is 1. The molecular formula is C12H10O3. The normalized spacial score (nSPS) is 8.67. The molecule has 0 radical (unpaired) electrons. The molecule has 0 amide bonds. The van der Waals surface area contributed by atoms with E-state index in [9.17, 15) is 9.59 Å². The molecular weight excluding hydrogens is 192 g/mol. The topological polar surface area (TPSA) is 43.4 Å². The predicted octanol–water partition coefficient (Wildman–Crippen LogP) is 1.35. The molecule has 0 N–H and O–H groups in total. The second-order valence-electron chi connectivity index (χ2n) is 2.89. The summed E-state index contributed by atoms with van der Waals surface area (Å²) in [5.74, 6) is 3.24. The average molecular weight is 202 g/mol. The van der Waals surface area contributed by atoms with Crippen molar-refractivity contribution in [3.63, 3.8) is 0 Å². The first kappa shape index (κ1) is 11.0. The molecule has 15 heavy (non-hydrogen) atoms. The third kappa shape index (κ3) is 2.96.